The number of nitrogens with one attached hydrogen (secondary N) is 2. The third-order valence-corrected chi connectivity index (χ3v) is 15.7. The first-order valence-electron chi connectivity index (χ1n) is 22.7. The highest BCUT2D eigenvalue weighted by atomic mass is 16.5. The summed E-state index contributed by atoms with van der Waals surface area (Å²) in [5.41, 5.74) is 0. The zero-order valence-electron chi connectivity index (χ0n) is 38.1. The van der Waals surface area contributed by atoms with Crippen molar-refractivity contribution in [3.05, 3.63) is 0 Å². The van der Waals surface area contributed by atoms with Gasteiger partial charge in [-0.25, -0.2) is 0 Å². The number of nitrogens with zero attached hydrogens (tertiary/aromatic N) is 4. The van der Waals surface area contributed by atoms with E-state index in [0.29, 0.717) is 95.4 Å². The van der Waals surface area contributed by atoms with Crippen molar-refractivity contribution < 1.29 is 4.74 Å². The van der Waals surface area contributed by atoms with E-state index in [1.54, 1.807) is 0 Å². The molecular formula is C46H92N6O. The first-order valence-corrected chi connectivity index (χ1v) is 22.7. The highest BCUT2D eigenvalue weighted by Gasteiger charge is 2.46. The molecule has 0 aromatic heterocycles. The van der Waals surface area contributed by atoms with Crippen LogP contribution in [-0.4, -0.2) is 125 Å². The van der Waals surface area contributed by atoms with E-state index in [9.17, 15) is 0 Å². The Bertz CT molecular complexity index is 913. The van der Waals surface area contributed by atoms with Crippen molar-refractivity contribution in [3.63, 3.8) is 0 Å². The molecule has 4 fully saturated rings. The van der Waals surface area contributed by atoms with Crippen LogP contribution < -0.4 is 10.6 Å². The van der Waals surface area contributed by atoms with Gasteiger partial charge in [0.05, 0.1) is 0 Å². The van der Waals surface area contributed by atoms with Gasteiger partial charge in [-0.05, 0) is 193 Å². The van der Waals surface area contributed by atoms with Gasteiger partial charge in [0.15, 0.2) is 0 Å². The second-order valence-corrected chi connectivity index (χ2v) is 21.2. The van der Waals surface area contributed by atoms with Crippen molar-refractivity contribution in [2.45, 2.75) is 181 Å². The van der Waals surface area contributed by atoms with Crippen LogP contribution in [0.25, 0.3) is 0 Å². The molecule has 2 N–H and O–H groups in total. The van der Waals surface area contributed by atoms with Gasteiger partial charge in [-0.15, -0.1) is 0 Å². The molecule has 4 rings (SSSR count). The molecule has 7 nitrogen and oxygen atoms in total. The molecule has 0 amide bonds. The summed E-state index contributed by atoms with van der Waals surface area (Å²) < 4.78 is 7.92. The van der Waals surface area contributed by atoms with Crippen LogP contribution in [0.4, 0.5) is 0 Å². The van der Waals surface area contributed by atoms with Crippen LogP contribution in [0.2, 0.25) is 0 Å². The van der Waals surface area contributed by atoms with Crippen LogP contribution in [0.5, 0.6) is 0 Å². The lowest BCUT2D eigenvalue weighted by molar-refractivity contribution is -0.139. The average molecular weight is 745 g/mol. The molecule has 6 atom stereocenters. The standard InChI is InChI=1S/C46H92N6O/c1-29(2)39-25-37(51(13)14)26-40(30(3)4)43(39)47-45(33-17-21-35(22-18-33)49(9)10)53-46(34-19-23-36(24-20-34)50(11)12)48-44-41(31(5)6)27-38(52(15)16)28-42(44)32(7)8/h29-48H,17-28H2,1-16H3. The van der Waals surface area contributed by atoms with Crippen molar-refractivity contribution in [1.82, 2.24) is 30.2 Å². The Hall–Kier alpha value is -0.280. The van der Waals surface area contributed by atoms with E-state index in [1.165, 1.54) is 77.0 Å². The molecule has 0 aromatic rings. The third-order valence-electron chi connectivity index (χ3n) is 15.7. The van der Waals surface area contributed by atoms with Gasteiger partial charge in [0, 0.05) is 36.3 Å². The molecule has 6 unspecified atom stereocenters. The Kier molecular flexibility index (Phi) is 17.5. The highest BCUT2D eigenvalue weighted by Crippen LogP contribution is 2.43. The molecule has 4 aliphatic carbocycles. The fraction of sp³-hybridized carbons (Fsp3) is 1.00. The predicted octanol–water partition coefficient (Wildman–Crippen LogP) is 8.35. The zero-order chi connectivity index (χ0) is 39.3. The average Bonchev–Trinajstić information content (AvgIpc) is 3.10. The quantitative estimate of drug-likeness (QED) is 0.154. The van der Waals surface area contributed by atoms with Crippen LogP contribution in [0.1, 0.15) is 132 Å². The van der Waals surface area contributed by atoms with Crippen molar-refractivity contribution >= 4 is 0 Å². The molecule has 0 saturated heterocycles. The number of ether oxygens (including phenoxy) is 1. The van der Waals surface area contributed by atoms with Crippen molar-refractivity contribution in [2.75, 3.05) is 56.4 Å². The maximum absolute atomic E-state index is 7.92. The molecule has 0 heterocycles. The van der Waals surface area contributed by atoms with Crippen LogP contribution in [0.3, 0.4) is 0 Å². The molecule has 0 aromatic carbocycles. The fourth-order valence-electron chi connectivity index (χ4n) is 11.7. The second kappa shape index (κ2) is 20.4. The summed E-state index contributed by atoms with van der Waals surface area (Å²) in [6, 6.07) is 3.65. The Morgan fingerprint density at radius 1 is 0.377 bits per heavy atom. The van der Waals surface area contributed by atoms with Crippen LogP contribution in [-0.2, 0) is 4.74 Å². The van der Waals surface area contributed by atoms with E-state index >= 15 is 0 Å². The molecule has 0 radical (unpaired) electrons. The van der Waals surface area contributed by atoms with E-state index in [2.05, 4.69) is 142 Å². The van der Waals surface area contributed by atoms with Gasteiger partial charge in [-0.3, -0.25) is 10.6 Å². The Labute approximate surface area is 330 Å². The van der Waals surface area contributed by atoms with Crippen molar-refractivity contribution in [1.29, 1.82) is 0 Å². The van der Waals surface area contributed by atoms with Crippen molar-refractivity contribution in [2.24, 2.45) is 59.2 Å². The fourth-order valence-corrected chi connectivity index (χ4v) is 11.7. The lowest BCUT2D eigenvalue weighted by atomic mass is 9.66. The minimum Gasteiger partial charge on any atom is -0.345 e. The normalized spacial score (nSPS) is 37.6. The summed E-state index contributed by atoms with van der Waals surface area (Å²) >= 11 is 0. The summed E-state index contributed by atoms with van der Waals surface area (Å²) in [5.74, 6) is 6.24. The van der Waals surface area contributed by atoms with Gasteiger partial charge >= 0.3 is 0 Å². The molecule has 53 heavy (non-hydrogen) atoms. The maximum Gasteiger partial charge on any atom is 0.113 e. The second-order valence-electron chi connectivity index (χ2n) is 21.2. The summed E-state index contributed by atoms with van der Waals surface area (Å²) in [4.78, 5) is 9.98. The highest BCUT2D eigenvalue weighted by molar-refractivity contribution is 5.00. The topological polar surface area (TPSA) is 46.3 Å². The molecule has 0 spiro atoms. The van der Waals surface area contributed by atoms with Crippen LogP contribution >= 0.6 is 0 Å². The summed E-state index contributed by atoms with van der Waals surface area (Å²) in [5, 5.41) is 9.01. The number of hydrogen-bond acceptors (Lipinski definition) is 7. The van der Waals surface area contributed by atoms with E-state index in [-0.39, 0.29) is 12.5 Å². The summed E-state index contributed by atoms with van der Waals surface area (Å²) in [6.07, 6.45) is 15.4. The smallest absolute Gasteiger partial charge is 0.113 e. The molecule has 312 valence electrons. The molecule has 0 aliphatic heterocycles. The molecule has 4 saturated carbocycles. The van der Waals surface area contributed by atoms with Gasteiger partial charge in [0.25, 0.3) is 0 Å². The van der Waals surface area contributed by atoms with Gasteiger partial charge < -0.3 is 24.3 Å². The van der Waals surface area contributed by atoms with Gasteiger partial charge in [0.1, 0.15) is 12.5 Å². The number of hydrogen-bond donors (Lipinski definition) is 2. The minimum absolute atomic E-state index is 0.0821. The van der Waals surface area contributed by atoms with Crippen LogP contribution in [0.15, 0.2) is 0 Å². The molecule has 0 bridgehead atoms. The zero-order valence-corrected chi connectivity index (χ0v) is 38.1. The third kappa shape index (κ3) is 11.9. The number of rotatable bonds is 16. The Balaban J connectivity index is 1.73. The molecule has 7 heteroatoms. The van der Waals surface area contributed by atoms with Gasteiger partial charge in [-0.1, -0.05) is 55.4 Å². The summed E-state index contributed by atoms with van der Waals surface area (Å²) in [6.45, 7) is 19.9. The lowest BCUT2D eigenvalue weighted by Crippen LogP contribution is -2.62. The maximum atomic E-state index is 7.92. The minimum atomic E-state index is 0.0821. The van der Waals surface area contributed by atoms with Gasteiger partial charge in [0.2, 0.25) is 0 Å². The Morgan fingerprint density at radius 2 is 0.623 bits per heavy atom. The largest absolute Gasteiger partial charge is 0.345 e. The predicted molar refractivity (Wildman–Crippen MR) is 228 cm³/mol. The summed E-state index contributed by atoms with van der Waals surface area (Å²) in [7, 11) is 18.4. The van der Waals surface area contributed by atoms with Crippen molar-refractivity contribution in [3.8, 4) is 0 Å². The van der Waals surface area contributed by atoms with E-state index in [1.807, 2.05) is 0 Å². The van der Waals surface area contributed by atoms with E-state index in [4.69, 9.17) is 4.74 Å². The first-order chi connectivity index (χ1) is 24.9. The Morgan fingerprint density at radius 3 is 0.830 bits per heavy atom. The first kappa shape index (κ1) is 45.4. The van der Waals surface area contributed by atoms with Crippen LogP contribution in [0, 0.1) is 59.2 Å². The lowest BCUT2D eigenvalue weighted by Gasteiger charge is -2.52. The van der Waals surface area contributed by atoms with Gasteiger partial charge in [-0.2, -0.15) is 0 Å². The SMILES string of the molecule is CC(C)C1CC(N(C)C)CC(C(C)C)C1NC(OC(NC1C(C(C)C)CC(N(C)C)CC1C(C)C)C1CCC(N(C)C)CC1)C1CCC(N(C)C)CC1. The monoisotopic (exact) mass is 745 g/mol. The molecular weight excluding hydrogens is 653 g/mol. The van der Waals surface area contributed by atoms with E-state index in [0.717, 1.165) is 0 Å². The van der Waals surface area contributed by atoms with E-state index < -0.39 is 0 Å². The molecule has 4 aliphatic rings.